The van der Waals surface area contributed by atoms with Crippen LogP contribution in [0.15, 0.2) is 65.7 Å². The zero-order valence-corrected chi connectivity index (χ0v) is 14.7. The molecule has 0 atom stereocenters. The van der Waals surface area contributed by atoms with Crippen molar-refractivity contribution < 1.29 is 4.79 Å². The average molecular weight is 348 g/mol. The van der Waals surface area contributed by atoms with Gasteiger partial charge in [-0.25, -0.2) is 4.68 Å². The number of carbonyl (C=O) groups is 1. The molecule has 26 heavy (non-hydrogen) atoms. The fourth-order valence-electron chi connectivity index (χ4n) is 2.67. The van der Waals surface area contributed by atoms with Crippen LogP contribution in [0.4, 0.5) is 5.69 Å². The van der Waals surface area contributed by atoms with Crippen molar-refractivity contribution in [3.8, 4) is 11.3 Å². The minimum Gasteiger partial charge on any atom is -0.324 e. The number of benzene rings is 1. The molecule has 132 valence electrons. The summed E-state index contributed by atoms with van der Waals surface area (Å²) in [4.78, 5) is 28.6. The predicted octanol–water partition coefficient (Wildman–Crippen LogP) is 3.07. The molecule has 0 aliphatic heterocycles. The Balaban J connectivity index is 1.81. The van der Waals surface area contributed by atoms with E-state index in [1.165, 1.54) is 6.07 Å². The molecule has 1 amide bonds. The predicted molar refractivity (Wildman–Crippen MR) is 101 cm³/mol. The smallest absolute Gasteiger partial charge is 0.267 e. The van der Waals surface area contributed by atoms with Crippen LogP contribution in [0.3, 0.4) is 0 Å². The molecule has 2 heterocycles. The molecule has 0 radical (unpaired) electrons. The molecule has 3 aromatic rings. The molecule has 1 N–H and O–H groups in total. The maximum Gasteiger partial charge on any atom is 0.267 e. The van der Waals surface area contributed by atoms with E-state index in [0.29, 0.717) is 5.69 Å². The van der Waals surface area contributed by atoms with E-state index in [9.17, 15) is 9.59 Å². The molecule has 3 rings (SSSR count). The van der Waals surface area contributed by atoms with Crippen molar-refractivity contribution in [1.29, 1.82) is 0 Å². The third kappa shape index (κ3) is 4.03. The summed E-state index contributed by atoms with van der Waals surface area (Å²) in [5.74, 6) is -0.0164. The van der Waals surface area contributed by atoms with Crippen LogP contribution < -0.4 is 10.9 Å². The van der Waals surface area contributed by atoms with Crippen LogP contribution in [0.25, 0.3) is 11.3 Å². The number of carbonyl (C=O) groups excluding carboxylic acids is 1. The molecule has 0 bridgehead atoms. The first-order valence-electron chi connectivity index (χ1n) is 8.42. The number of nitrogens with one attached hydrogen (secondary N) is 1. The van der Waals surface area contributed by atoms with Gasteiger partial charge in [0.15, 0.2) is 0 Å². The third-order valence-corrected chi connectivity index (χ3v) is 3.97. The summed E-state index contributed by atoms with van der Waals surface area (Å²) < 4.78 is 1.16. The molecule has 0 saturated carbocycles. The van der Waals surface area contributed by atoms with Gasteiger partial charge in [0.25, 0.3) is 5.56 Å². The van der Waals surface area contributed by atoms with Crippen molar-refractivity contribution >= 4 is 11.6 Å². The summed E-state index contributed by atoms with van der Waals surface area (Å²) >= 11 is 0. The maximum atomic E-state index is 12.4. The summed E-state index contributed by atoms with van der Waals surface area (Å²) in [5, 5.41) is 7.16. The second kappa shape index (κ2) is 7.74. The number of nitrogens with zero attached hydrogens (tertiary/aromatic N) is 3. The molecular weight excluding hydrogens is 328 g/mol. The van der Waals surface area contributed by atoms with Crippen LogP contribution in [0, 0.1) is 0 Å². The quantitative estimate of drug-likeness (QED) is 0.769. The van der Waals surface area contributed by atoms with Gasteiger partial charge in [0, 0.05) is 29.7 Å². The van der Waals surface area contributed by atoms with Crippen molar-refractivity contribution in [2.24, 2.45) is 0 Å². The number of aromatic nitrogens is 3. The fourth-order valence-corrected chi connectivity index (χ4v) is 2.67. The lowest BCUT2D eigenvalue weighted by Gasteiger charge is -2.14. The Labute approximate surface area is 151 Å². The first kappa shape index (κ1) is 17.5. The number of hydrogen-bond donors (Lipinski definition) is 1. The highest BCUT2D eigenvalue weighted by Gasteiger charge is 2.11. The fraction of sp³-hybridized carbons (Fsp3) is 0.200. The summed E-state index contributed by atoms with van der Waals surface area (Å²) in [6, 6.07) is 14.3. The van der Waals surface area contributed by atoms with Crippen LogP contribution in [0.1, 0.15) is 25.3 Å². The van der Waals surface area contributed by atoms with Crippen molar-refractivity contribution in [1.82, 2.24) is 14.8 Å². The number of pyridine rings is 1. The molecule has 0 aliphatic carbocycles. The molecule has 0 saturated heterocycles. The monoisotopic (exact) mass is 348 g/mol. The molecule has 0 unspecified atom stereocenters. The summed E-state index contributed by atoms with van der Waals surface area (Å²) in [5.41, 5.74) is 2.85. The van der Waals surface area contributed by atoms with E-state index >= 15 is 0 Å². The minimum absolute atomic E-state index is 0.153. The summed E-state index contributed by atoms with van der Waals surface area (Å²) in [6.07, 6.45) is 3.33. The molecule has 1 aromatic carbocycles. The summed E-state index contributed by atoms with van der Waals surface area (Å²) in [7, 11) is 0. The van der Waals surface area contributed by atoms with Gasteiger partial charge in [-0.2, -0.15) is 5.10 Å². The Morgan fingerprint density at radius 3 is 2.65 bits per heavy atom. The van der Waals surface area contributed by atoms with Gasteiger partial charge in [0.2, 0.25) is 5.91 Å². The second-order valence-corrected chi connectivity index (χ2v) is 6.25. The normalized spacial score (nSPS) is 10.7. The highest BCUT2D eigenvalue weighted by Crippen LogP contribution is 2.23. The van der Waals surface area contributed by atoms with Gasteiger partial charge in [-0.05, 0) is 35.7 Å². The average Bonchev–Trinajstić information content (AvgIpc) is 2.64. The van der Waals surface area contributed by atoms with Crippen molar-refractivity contribution in [2.45, 2.75) is 26.3 Å². The second-order valence-electron chi connectivity index (χ2n) is 6.25. The van der Waals surface area contributed by atoms with Gasteiger partial charge < -0.3 is 5.32 Å². The molecule has 0 aliphatic rings. The Hall–Kier alpha value is -3.28. The number of hydrogen-bond acceptors (Lipinski definition) is 4. The zero-order valence-electron chi connectivity index (χ0n) is 14.7. The van der Waals surface area contributed by atoms with Gasteiger partial charge in [0.1, 0.15) is 6.54 Å². The Morgan fingerprint density at radius 1 is 1.12 bits per heavy atom. The largest absolute Gasteiger partial charge is 0.324 e. The van der Waals surface area contributed by atoms with Crippen molar-refractivity contribution in [3.63, 3.8) is 0 Å². The molecule has 0 spiro atoms. The van der Waals surface area contributed by atoms with E-state index < -0.39 is 0 Å². The van der Waals surface area contributed by atoms with Gasteiger partial charge in [0.05, 0.1) is 5.69 Å². The molecule has 6 heteroatoms. The lowest BCUT2D eigenvalue weighted by Crippen LogP contribution is -2.29. The van der Waals surface area contributed by atoms with E-state index in [2.05, 4.69) is 29.2 Å². The molecule has 2 aromatic heterocycles. The standard InChI is InChI=1S/C20H20N4O2/c1-14(2)16-7-3-4-8-18(16)22-19(25)13-24-20(26)10-9-17(23-24)15-6-5-11-21-12-15/h3-12,14H,13H2,1-2H3,(H,22,25). The van der Waals surface area contributed by atoms with Crippen molar-refractivity contribution in [2.75, 3.05) is 5.32 Å². The Bertz CT molecular complexity index is 965. The number of amides is 1. The van der Waals surface area contributed by atoms with Gasteiger partial charge in [-0.1, -0.05) is 32.0 Å². The number of rotatable bonds is 5. The third-order valence-electron chi connectivity index (χ3n) is 3.97. The van der Waals surface area contributed by atoms with E-state index in [4.69, 9.17) is 0 Å². The highest BCUT2D eigenvalue weighted by molar-refractivity contribution is 5.91. The van der Waals surface area contributed by atoms with Crippen LogP contribution in [-0.4, -0.2) is 20.7 Å². The van der Waals surface area contributed by atoms with Crippen LogP contribution in [-0.2, 0) is 11.3 Å². The lowest BCUT2D eigenvalue weighted by atomic mass is 10.0. The van der Waals surface area contributed by atoms with Crippen LogP contribution in [0.5, 0.6) is 0 Å². The first-order chi connectivity index (χ1) is 12.5. The van der Waals surface area contributed by atoms with Gasteiger partial charge in [-0.3, -0.25) is 14.6 Å². The SMILES string of the molecule is CC(C)c1ccccc1NC(=O)Cn1nc(-c2cccnc2)ccc1=O. The van der Waals surface area contributed by atoms with E-state index in [1.54, 1.807) is 24.5 Å². The van der Waals surface area contributed by atoms with Crippen LogP contribution >= 0.6 is 0 Å². The zero-order chi connectivity index (χ0) is 18.5. The highest BCUT2D eigenvalue weighted by atomic mass is 16.2. The number of para-hydroxylation sites is 1. The van der Waals surface area contributed by atoms with Gasteiger partial charge in [-0.15, -0.1) is 0 Å². The van der Waals surface area contributed by atoms with E-state index in [0.717, 1.165) is 21.5 Å². The molecular formula is C20H20N4O2. The minimum atomic E-state index is -0.329. The van der Waals surface area contributed by atoms with Crippen molar-refractivity contribution in [3.05, 3.63) is 76.8 Å². The van der Waals surface area contributed by atoms with Crippen LogP contribution in [0.2, 0.25) is 0 Å². The summed E-state index contributed by atoms with van der Waals surface area (Å²) in [6.45, 7) is 3.97. The first-order valence-corrected chi connectivity index (χ1v) is 8.42. The molecule has 0 fully saturated rings. The lowest BCUT2D eigenvalue weighted by molar-refractivity contribution is -0.117. The maximum absolute atomic E-state index is 12.4. The topological polar surface area (TPSA) is 76.9 Å². The van der Waals surface area contributed by atoms with E-state index in [-0.39, 0.29) is 23.9 Å². The molecule has 6 nitrogen and oxygen atoms in total. The Kier molecular flexibility index (Phi) is 5.22. The van der Waals surface area contributed by atoms with E-state index in [1.807, 2.05) is 30.3 Å². The van der Waals surface area contributed by atoms with Gasteiger partial charge >= 0.3 is 0 Å². The number of anilines is 1. The Morgan fingerprint density at radius 2 is 1.92 bits per heavy atom.